The van der Waals surface area contributed by atoms with Gasteiger partial charge in [0.15, 0.2) is 5.17 Å². The Kier molecular flexibility index (Phi) is 7.35. The van der Waals surface area contributed by atoms with Crippen molar-refractivity contribution in [2.24, 2.45) is 4.99 Å². The molecule has 0 radical (unpaired) electrons. The van der Waals surface area contributed by atoms with E-state index in [2.05, 4.69) is 44.7 Å². The van der Waals surface area contributed by atoms with Crippen molar-refractivity contribution >= 4 is 46.0 Å². The molecule has 0 N–H and O–H groups in total. The van der Waals surface area contributed by atoms with Crippen molar-refractivity contribution in [3.05, 3.63) is 88.8 Å². The molecule has 5 rings (SSSR count). The van der Waals surface area contributed by atoms with Crippen molar-refractivity contribution in [1.82, 2.24) is 0 Å². The minimum absolute atomic E-state index is 0.0731. The molecule has 196 valence electrons. The molecule has 1 saturated heterocycles. The van der Waals surface area contributed by atoms with Crippen molar-refractivity contribution in [2.45, 2.75) is 52.0 Å². The predicted octanol–water partition coefficient (Wildman–Crippen LogP) is 8.01. The first kappa shape index (κ1) is 26.1. The summed E-state index contributed by atoms with van der Waals surface area (Å²) in [5.41, 5.74) is 5.13. The highest BCUT2D eigenvalue weighted by Gasteiger charge is 2.38. The Morgan fingerprint density at radius 2 is 1.76 bits per heavy atom. The van der Waals surface area contributed by atoms with Gasteiger partial charge in [-0.15, -0.1) is 0 Å². The molecule has 6 heteroatoms. The van der Waals surface area contributed by atoms with Crippen LogP contribution in [-0.2, 0) is 4.79 Å². The fraction of sp³-hybridized carbons (Fsp3) is 0.312. The van der Waals surface area contributed by atoms with Gasteiger partial charge in [-0.25, -0.2) is 4.99 Å². The first-order chi connectivity index (χ1) is 18.3. The lowest BCUT2D eigenvalue weighted by atomic mass is 9.79. The molecule has 2 aliphatic rings. The van der Waals surface area contributed by atoms with Crippen molar-refractivity contribution in [3.8, 4) is 5.75 Å². The fourth-order valence-corrected chi connectivity index (χ4v) is 6.56. The van der Waals surface area contributed by atoms with E-state index in [0.717, 1.165) is 42.1 Å². The Hall–Kier alpha value is -3.51. The van der Waals surface area contributed by atoms with Crippen LogP contribution in [0.4, 0.5) is 17.1 Å². The number of benzene rings is 3. The summed E-state index contributed by atoms with van der Waals surface area (Å²) in [7, 11) is 1.70. The molecule has 0 aromatic heterocycles. The summed E-state index contributed by atoms with van der Waals surface area (Å²) in [5.74, 6) is 1.09. The summed E-state index contributed by atoms with van der Waals surface area (Å²) in [4.78, 5) is 23.5. The van der Waals surface area contributed by atoms with Gasteiger partial charge in [0.2, 0.25) is 0 Å². The van der Waals surface area contributed by atoms with E-state index in [1.165, 1.54) is 23.0 Å². The molecule has 2 heterocycles. The topological polar surface area (TPSA) is 45.1 Å². The molecule has 1 fully saturated rings. The zero-order valence-electron chi connectivity index (χ0n) is 22.8. The number of aliphatic imine (C=N–C) groups is 1. The van der Waals surface area contributed by atoms with Crippen LogP contribution in [0.3, 0.4) is 0 Å². The van der Waals surface area contributed by atoms with Crippen LogP contribution in [0.2, 0.25) is 0 Å². The van der Waals surface area contributed by atoms with Crippen molar-refractivity contribution in [3.63, 3.8) is 0 Å². The van der Waals surface area contributed by atoms with Crippen LogP contribution in [0.5, 0.6) is 5.75 Å². The Labute approximate surface area is 230 Å². The van der Waals surface area contributed by atoms with E-state index < -0.39 is 0 Å². The van der Waals surface area contributed by atoms with E-state index in [1.807, 2.05) is 66.7 Å². The lowest BCUT2D eigenvalue weighted by Gasteiger charge is -2.47. The molecule has 0 spiro atoms. The number of fused-ring (bicyclic) bond motifs is 1. The molecule has 1 unspecified atom stereocenters. The van der Waals surface area contributed by atoms with Crippen LogP contribution in [0, 0.1) is 0 Å². The van der Waals surface area contributed by atoms with Crippen molar-refractivity contribution in [2.75, 3.05) is 23.5 Å². The molecule has 3 aromatic carbocycles. The number of anilines is 2. The van der Waals surface area contributed by atoms with Gasteiger partial charge in [-0.3, -0.25) is 9.69 Å². The molecule has 0 saturated carbocycles. The Morgan fingerprint density at radius 3 is 2.42 bits per heavy atom. The summed E-state index contributed by atoms with van der Waals surface area (Å²) in [6.07, 6.45) is 4.12. The third-order valence-corrected chi connectivity index (χ3v) is 8.24. The number of hydrogen-bond donors (Lipinski definition) is 0. The molecule has 3 aromatic rings. The third kappa shape index (κ3) is 4.97. The lowest BCUT2D eigenvalue weighted by molar-refractivity contribution is -0.113. The van der Waals surface area contributed by atoms with Gasteiger partial charge in [-0.2, -0.15) is 0 Å². The normalized spacial score (nSPS) is 20.8. The van der Waals surface area contributed by atoms with Gasteiger partial charge >= 0.3 is 0 Å². The number of thioether (sulfide) groups is 1. The molecule has 1 atom stereocenters. The SMILES string of the molecule is CCCN1c2cc(OC)c(/C=C3/SC(=Nc4ccccc4)N(c4ccccc4)C3=O)cc2C(C)CC1(C)C. The van der Waals surface area contributed by atoms with Crippen molar-refractivity contribution in [1.29, 1.82) is 0 Å². The van der Waals surface area contributed by atoms with E-state index >= 15 is 0 Å². The number of para-hydroxylation sites is 2. The predicted molar refractivity (Wildman–Crippen MR) is 161 cm³/mol. The second-order valence-corrected chi connectivity index (χ2v) is 11.5. The molecule has 0 aliphatic carbocycles. The van der Waals surface area contributed by atoms with E-state index in [4.69, 9.17) is 9.73 Å². The third-order valence-electron chi connectivity index (χ3n) is 7.27. The molecule has 38 heavy (non-hydrogen) atoms. The minimum atomic E-state index is -0.0857. The molecular weight excluding hydrogens is 490 g/mol. The number of amidine groups is 1. The Morgan fingerprint density at radius 1 is 1.08 bits per heavy atom. The summed E-state index contributed by atoms with van der Waals surface area (Å²) in [6, 6.07) is 23.8. The number of hydrogen-bond acceptors (Lipinski definition) is 5. The second kappa shape index (κ2) is 10.7. The number of carbonyl (C=O) groups excluding carboxylic acids is 1. The van der Waals surface area contributed by atoms with Gasteiger partial charge in [0.1, 0.15) is 5.75 Å². The van der Waals surface area contributed by atoms with E-state index in [0.29, 0.717) is 16.0 Å². The summed E-state index contributed by atoms with van der Waals surface area (Å²) in [6.45, 7) is 10.2. The number of amides is 1. The zero-order valence-corrected chi connectivity index (χ0v) is 23.6. The summed E-state index contributed by atoms with van der Waals surface area (Å²) >= 11 is 1.40. The monoisotopic (exact) mass is 525 g/mol. The maximum Gasteiger partial charge on any atom is 0.271 e. The second-order valence-electron chi connectivity index (χ2n) is 10.5. The van der Waals surface area contributed by atoms with Gasteiger partial charge in [0.25, 0.3) is 5.91 Å². The van der Waals surface area contributed by atoms with Gasteiger partial charge in [0.05, 0.1) is 23.4 Å². The Bertz CT molecular complexity index is 1380. The van der Waals surface area contributed by atoms with E-state index in [1.54, 1.807) is 12.0 Å². The van der Waals surface area contributed by atoms with Gasteiger partial charge in [-0.05, 0) is 86.3 Å². The largest absolute Gasteiger partial charge is 0.496 e. The van der Waals surface area contributed by atoms with Crippen LogP contribution in [-0.4, -0.2) is 30.3 Å². The number of methoxy groups -OCH3 is 1. The fourth-order valence-electron chi connectivity index (χ4n) is 5.57. The van der Waals surface area contributed by atoms with E-state index in [-0.39, 0.29) is 11.4 Å². The van der Waals surface area contributed by atoms with Gasteiger partial charge in [0, 0.05) is 29.4 Å². The maximum absolute atomic E-state index is 13.8. The molecule has 0 bridgehead atoms. The maximum atomic E-state index is 13.8. The van der Waals surface area contributed by atoms with Crippen LogP contribution < -0.4 is 14.5 Å². The first-order valence-corrected chi connectivity index (χ1v) is 14.1. The van der Waals surface area contributed by atoms with E-state index in [9.17, 15) is 4.79 Å². The van der Waals surface area contributed by atoms with Gasteiger partial charge < -0.3 is 9.64 Å². The van der Waals surface area contributed by atoms with Gasteiger partial charge in [-0.1, -0.05) is 50.2 Å². The van der Waals surface area contributed by atoms with Crippen LogP contribution in [0.15, 0.2) is 82.7 Å². The van der Waals surface area contributed by atoms with Crippen molar-refractivity contribution < 1.29 is 9.53 Å². The zero-order chi connectivity index (χ0) is 26.9. The number of carbonyl (C=O) groups is 1. The first-order valence-electron chi connectivity index (χ1n) is 13.2. The van der Waals surface area contributed by atoms with Crippen LogP contribution in [0.25, 0.3) is 6.08 Å². The molecular formula is C32H35N3O2S. The average molecular weight is 526 g/mol. The average Bonchev–Trinajstić information content (AvgIpc) is 3.21. The highest BCUT2D eigenvalue weighted by atomic mass is 32.2. The quantitative estimate of drug-likeness (QED) is 0.306. The molecule has 1 amide bonds. The number of ether oxygens (including phenoxy) is 1. The Balaban J connectivity index is 1.59. The summed E-state index contributed by atoms with van der Waals surface area (Å²) in [5, 5.41) is 0.639. The number of rotatable bonds is 6. The lowest BCUT2D eigenvalue weighted by Crippen LogP contribution is -2.48. The van der Waals surface area contributed by atoms with Crippen LogP contribution >= 0.6 is 11.8 Å². The summed E-state index contributed by atoms with van der Waals surface area (Å²) < 4.78 is 5.89. The standard InChI is InChI=1S/C32H35N3O2S/c1-6-17-34-27-20-28(37-5)23(18-26(27)22(2)21-32(34,3)4)19-29-30(36)35(25-15-11-8-12-16-25)31(38-29)33-24-13-9-7-10-14-24/h7-16,18-20,22H,6,17,21H2,1-5H3/b29-19+,33-31?. The highest BCUT2D eigenvalue weighted by Crippen LogP contribution is 2.47. The highest BCUT2D eigenvalue weighted by molar-refractivity contribution is 8.19. The smallest absolute Gasteiger partial charge is 0.271 e. The molecule has 2 aliphatic heterocycles. The molecule has 5 nitrogen and oxygen atoms in total. The van der Waals surface area contributed by atoms with Crippen LogP contribution in [0.1, 0.15) is 57.6 Å². The minimum Gasteiger partial charge on any atom is -0.496 e. The number of nitrogens with zero attached hydrogens (tertiary/aromatic N) is 3.